The Bertz CT molecular complexity index is 933. The van der Waals surface area contributed by atoms with Crippen molar-refractivity contribution in [3.8, 4) is 0 Å². The average molecular weight is 439 g/mol. The third-order valence-corrected chi connectivity index (χ3v) is 7.26. The summed E-state index contributed by atoms with van der Waals surface area (Å²) in [4.78, 5) is 22.4. The molecular formula is C19H22N2O6S2. The SMILES string of the molecule is CCN([C@@H](CSCc1ccccc1)C(=O)OC)S(=O)(=O)c1ccc([N+](=O)[O-])cc1. The van der Waals surface area contributed by atoms with Crippen molar-refractivity contribution in [2.24, 2.45) is 0 Å². The molecule has 2 rings (SSSR count). The quantitative estimate of drug-likeness (QED) is 0.319. The number of rotatable bonds is 10. The molecule has 0 N–H and O–H groups in total. The first kappa shape index (κ1) is 22.9. The smallest absolute Gasteiger partial charge is 0.325 e. The van der Waals surface area contributed by atoms with Crippen LogP contribution in [0.5, 0.6) is 0 Å². The van der Waals surface area contributed by atoms with Crippen LogP contribution in [0.1, 0.15) is 12.5 Å². The highest BCUT2D eigenvalue weighted by molar-refractivity contribution is 7.98. The Balaban J connectivity index is 2.23. The van der Waals surface area contributed by atoms with Gasteiger partial charge in [-0.05, 0) is 17.7 Å². The van der Waals surface area contributed by atoms with E-state index in [1.54, 1.807) is 6.92 Å². The molecule has 0 aliphatic rings. The van der Waals surface area contributed by atoms with E-state index in [9.17, 15) is 23.3 Å². The molecule has 0 unspecified atom stereocenters. The number of carbonyl (C=O) groups excluding carboxylic acids is 1. The largest absolute Gasteiger partial charge is 0.468 e. The van der Waals surface area contributed by atoms with Gasteiger partial charge in [0.15, 0.2) is 0 Å². The normalized spacial score (nSPS) is 12.5. The number of thioether (sulfide) groups is 1. The summed E-state index contributed by atoms with van der Waals surface area (Å²) in [6.07, 6.45) is 0. The van der Waals surface area contributed by atoms with Gasteiger partial charge in [-0.3, -0.25) is 14.9 Å². The van der Waals surface area contributed by atoms with Crippen molar-refractivity contribution in [2.45, 2.75) is 23.6 Å². The summed E-state index contributed by atoms with van der Waals surface area (Å²) in [5, 5.41) is 10.8. The molecule has 8 nitrogen and oxygen atoms in total. The summed E-state index contributed by atoms with van der Waals surface area (Å²) < 4.78 is 32.1. The van der Waals surface area contributed by atoms with Crippen LogP contribution >= 0.6 is 11.8 Å². The lowest BCUT2D eigenvalue weighted by molar-refractivity contribution is -0.384. The number of methoxy groups -OCH3 is 1. The van der Waals surface area contributed by atoms with Crippen molar-refractivity contribution in [3.05, 3.63) is 70.3 Å². The minimum Gasteiger partial charge on any atom is -0.468 e. The van der Waals surface area contributed by atoms with E-state index >= 15 is 0 Å². The molecule has 0 aliphatic carbocycles. The summed E-state index contributed by atoms with van der Waals surface area (Å²) in [5.74, 6) is 0.170. The van der Waals surface area contributed by atoms with E-state index in [0.717, 1.165) is 22.0 Å². The Morgan fingerprint density at radius 2 is 1.79 bits per heavy atom. The molecular weight excluding hydrogens is 416 g/mol. The molecule has 0 amide bonds. The van der Waals surface area contributed by atoms with Gasteiger partial charge in [0.1, 0.15) is 6.04 Å². The van der Waals surface area contributed by atoms with E-state index < -0.39 is 27.0 Å². The standard InChI is InChI=1S/C19H22N2O6S2/c1-3-20(29(25,26)17-11-9-16(10-12-17)21(23)24)18(19(22)27-2)14-28-13-15-7-5-4-6-8-15/h4-12,18H,3,13-14H2,1-2H3/t18-/m0/s1. The Morgan fingerprint density at radius 1 is 1.17 bits per heavy atom. The Labute approximate surface area is 174 Å². The van der Waals surface area contributed by atoms with Crippen molar-refractivity contribution >= 4 is 33.4 Å². The van der Waals surface area contributed by atoms with Crippen LogP contribution in [-0.2, 0) is 25.3 Å². The van der Waals surface area contributed by atoms with Crippen molar-refractivity contribution in [2.75, 3.05) is 19.4 Å². The van der Waals surface area contributed by atoms with Gasteiger partial charge in [-0.2, -0.15) is 16.1 Å². The highest BCUT2D eigenvalue weighted by Gasteiger charge is 2.35. The molecule has 1 atom stereocenters. The van der Waals surface area contributed by atoms with Gasteiger partial charge in [0.05, 0.1) is 16.9 Å². The number of nitro groups is 1. The lowest BCUT2D eigenvalue weighted by Gasteiger charge is -2.27. The molecule has 0 aromatic heterocycles. The van der Waals surface area contributed by atoms with Crippen LogP contribution in [0.25, 0.3) is 0 Å². The molecule has 0 saturated heterocycles. The molecule has 0 radical (unpaired) electrons. The lowest BCUT2D eigenvalue weighted by Crippen LogP contribution is -2.47. The van der Waals surface area contributed by atoms with Crippen LogP contribution in [0, 0.1) is 10.1 Å². The summed E-state index contributed by atoms with van der Waals surface area (Å²) in [5.41, 5.74) is 0.845. The first-order valence-corrected chi connectivity index (χ1v) is 11.4. The molecule has 156 valence electrons. The van der Waals surface area contributed by atoms with Gasteiger partial charge < -0.3 is 4.74 Å². The van der Waals surface area contributed by atoms with Crippen LogP contribution in [0.15, 0.2) is 59.5 Å². The van der Waals surface area contributed by atoms with Crippen molar-refractivity contribution in [1.29, 1.82) is 0 Å². The summed E-state index contributed by atoms with van der Waals surface area (Å²) in [7, 11) is -2.83. The molecule has 0 bridgehead atoms. The van der Waals surface area contributed by atoms with Gasteiger partial charge in [0.25, 0.3) is 5.69 Å². The topological polar surface area (TPSA) is 107 Å². The summed E-state index contributed by atoms with van der Waals surface area (Å²) >= 11 is 1.42. The van der Waals surface area contributed by atoms with Gasteiger partial charge in [-0.25, -0.2) is 8.42 Å². The second-order valence-electron chi connectivity index (χ2n) is 6.00. The fraction of sp³-hybridized carbons (Fsp3) is 0.316. The maximum atomic E-state index is 13.1. The number of benzene rings is 2. The molecule has 0 saturated carbocycles. The highest BCUT2D eigenvalue weighted by Crippen LogP contribution is 2.24. The number of nitrogens with zero attached hydrogens (tertiary/aromatic N) is 2. The molecule has 10 heteroatoms. The first-order valence-electron chi connectivity index (χ1n) is 8.77. The number of non-ortho nitro benzene ring substituents is 1. The number of nitro benzene ring substituents is 1. The maximum Gasteiger partial charge on any atom is 0.325 e. The van der Waals surface area contributed by atoms with E-state index in [4.69, 9.17) is 4.74 Å². The number of sulfonamides is 1. The monoisotopic (exact) mass is 438 g/mol. The number of hydrogen-bond donors (Lipinski definition) is 0. The fourth-order valence-corrected chi connectivity index (χ4v) is 5.47. The van der Waals surface area contributed by atoms with E-state index in [2.05, 4.69) is 0 Å². The highest BCUT2D eigenvalue weighted by atomic mass is 32.2. The predicted molar refractivity (Wildman–Crippen MR) is 111 cm³/mol. The van der Waals surface area contributed by atoms with Crippen LogP contribution in [0.3, 0.4) is 0 Å². The molecule has 0 aliphatic heterocycles. The van der Waals surface area contributed by atoms with Crippen LogP contribution in [-0.4, -0.2) is 49.1 Å². The lowest BCUT2D eigenvalue weighted by atomic mass is 10.2. The Hall–Kier alpha value is -2.43. The zero-order valence-corrected chi connectivity index (χ0v) is 17.7. The number of likely N-dealkylation sites (N-methyl/N-ethyl adjacent to an activating group) is 1. The number of esters is 1. The van der Waals surface area contributed by atoms with Crippen LogP contribution in [0.2, 0.25) is 0 Å². The third-order valence-electron chi connectivity index (χ3n) is 4.17. The van der Waals surface area contributed by atoms with Gasteiger partial charge >= 0.3 is 5.97 Å². The zero-order chi connectivity index (χ0) is 21.4. The minimum atomic E-state index is -4.05. The molecule has 2 aromatic rings. The van der Waals surface area contributed by atoms with E-state index in [-0.39, 0.29) is 22.9 Å². The zero-order valence-electron chi connectivity index (χ0n) is 16.1. The van der Waals surface area contributed by atoms with Crippen molar-refractivity contribution in [3.63, 3.8) is 0 Å². The van der Waals surface area contributed by atoms with Crippen molar-refractivity contribution in [1.82, 2.24) is 4.31 Å². The van der Waals surface area contributed by atoms with Gasteiger partial charge in [-0.1, -0.05) is 37.3 Å². The van der Waals surface area contributed by atoms with E-state index in [1.165, 1.54) is 31.0 Å². The fourth-order valence-electron chi connectivity index (χ4n) is 2.70. The Morgan fingerprint density at radius 3 is 2.31 bits per heavy atom. The first-order chi connectivity index (χ1) is 13.8. The van der Waals surface area contributed by atoms with Crippen LogP contribution < -0.4 is 0 Å². The van der Waals surface area contributed by atoms with Gasteiger partial charge in [0.2, 0.25) is 10.0 Å². The minimum absolute atomic E-state index is 0.0466. The third kappa shape index (κ3) is 5.78. The molecule has 0 heterocycles. The number of carbonyl (C=O) groups is 1. The second-order valence-corrected chi connectivity index (χ2v) is 8.92. The summed E-state index contributed by atoms with van der Waals surface area (Å²) in [6, 6.07) is 13.2. The molecule has 0 spiro atoms. The predicted octanol–water partition coefficient (Wildman–Crippen LogP) is 3.08. The maximum absolute atomic E-state index is 13.1. The van der Waals surface area contributed by atoms with Gasteiger partial charge in [0, 0.05) is 30.2 Å². The molecule has 0 fully saturated rings. The Kier molecular flexibility index (Phi) is 8.18. The van der Waals surface area contributed by atoms with E-state index in [1.807, 2.05) is 30.3 Å². The average Bonchev–Trinajstić information content (AvgIpc) is 2.73. The number of ether oxygens (including phenoxy) is 1. The summed E-state index contributed by atoms with van der Waals surface area (Å²) in [6.45, 7) is 1.67. The van der Waals surface area contributed by atoms with Crippen molar-refractivity contribution < 1.29 is 22.9 Å². The van der Waals surface area contributed by atoms with E-state index in [0.29, 0.717) is 5.75 Å². The second kappa shape index (κ2) is 10.4. The van der Waals surface area contributed by atoms with Crippen LogP contribution in [0.4, 0.5) is 5.69 Å². The van der Waals surface area contributed by atoms with Gasteiger partial charge in [-0.15, -0.1) is 0 Å². The molecule has 2 aromatic carbocycles. The molecule has 29 heavy (non-hydrogen) atoms. The number of hydrogen-bond acceptors (Lipinski definition) is 7.